The van der Waals surface area contributed by atoms with Crippen LogP contribution >= 0.6 is 0 Å². The number of nitrogens with zero attached hydrogens (tertiary/aromatic N) is 1. The number of hydrogen-bond donors (Lipinski definition) is 1. The van der Waals surface area contributed by atoms with Gasteiger partial charge >= 0.3 is 0 Å². The summed E-state index contributed by atoms with van der Waals surface area (Å²) in [7, 11) is 0. The smallest absolute Gasteiger partial charge is 0.217 e. The van der Waals surface area contributed by atoms with Crippen LogP contribution in [-0.2, 0) is 0 Å². The van der Waals surface area contributed by atoms with E-state index in [1.807, 2.05) is 96.0 Å². The molecule has 2 N–H and O–H groups in total. The van der Waals surface area contributed by atoms with E-state index in [4.69, 9.17) is 5.73 Å². The van der Waals surface area contributed by atoms with Gasteiger partial charge in [0, 0.05) is 28.9 Å². The van der Waals surface area contributed by atoms with Crippen LogP contribution in [0.3, 0.4) is 0 Å². The van der Waals surface area contributed by atoms with Gasteiger partial charge in [-0.1, -0.05) is 54.0 Å². The molecule has 2 aromatic carbocycles. The van der Waals surface area contributed by atoms with E-state index in [2.05, 4.69) is 17.6 Å². The zero-order valence-corrected chi connectivity index (χ0v) is 13.2. The highest BCUT2D eigenvalue weighted by atomic mass is 14.9. The molecule has 3 aromatic rings. The number of anilines is 1. The van der Waals surface area contributed by atoms with Gasteiger partial charge in [-0.2, -0.15) is 4.57 Å². The van der Waals surface area contributed by atoms with E-state index in [1.54, 1.807) is 0 Å². The summed E-state index contributed by atoms with van der Waals surface area (Å²) >= 11 is 0. The molecule has 0 aliphatic carbocycles. The summed E-state index contributed by atoms with van der Waals surface area (Å²) in [4.78, 5) is 0. The fourth-order valence-electron chi connectivity index (χ4n) is 2.15. The second-order valence-corrected chi connectivity index (χ2v) is 5.22. The lowest BCUT2D eigenvalue weighted by molar-refractivity contribution is -0.567. The van der Waals surface area contributed by atoms with Crippen molar-refractivity contribution < 1.29 is 4.57 Å². The molecule has 3 rings (SSSR count). The number of nitrogens with two attached hydrogens (primary N) is 1. The van der Waals surface area contributed by atoms with Crippen molar-refractivity contribution in [3.63, 3.8) is 0 Å². The van der Waals surface area contributed by atoms with Crippen molar-refractivity contribution in [3.8, 4) is 11.8 Å². The van der Waals surface area contributed by atoms with Gasteiger partial charge in [0.1, 0.15) is 0 Å². The SMILES string of the molecule is Nc1cc[n+](C=C=Cc2ccccc2C#Cc2ccccc2)cc1. The predicted molar refractivity (Wildman–Crippen MR) is 98.7 cm³/mol. The van der Waals surface area contributed by atoms with E-state index in [0.717, 1.165) is 22.4 Å². The maximum Gasteiger partial charge on any atom is 0.217 e. The zero-order valence-electron chi connectivity index (χ0n) is 13.2. The van der Waals surface area contributed by atoms with E-state index >= 15 is 0 Å². The van der Waals surface area contributed by atoms with E-state index in [-0.39, 0.29) is 0 Å². The van der Waals surface area contributed by atoms with Gasteiger partial charge < -0.3 is 5.73 Å². The van der Waals surface area contributed by atoms with Crippen LogP contribution in [0.1, 0.15) is 16.7 Å². The highest BCUT2D eigenvalue weighted by molar-refractivity contribution is 5.60. The molecule has 114 valence electrons. The lowest BCUT2D eigenvalue weighted by atomic mass is 10.1. The molecule has 0 aliphatic rings. The molecule has 2 nitrogen and oxygen atoms in total. The number of rotatable bonds is 2. The summed E-state index contributed by atoms with van der Waals surface area (Å²) in [6.45, 7) is 0. The molecule has 2 heteroatoms. The van der Waals surface area contributed by atoms with Crippen molar-refractivity contribution in [2.75, 3.05) is 5.73 Å². The molecule has 0 aliphatic heterocycles. The second kappa shape index (κ2) is 7.65. The molecule has 24 heavy (non-hydrogen) atoms. The average molecular weight is 309 g/mol. The van der Waals surface area contributed by atoms with Gasteiger partial charge in [0.25, 0.3) is 0 Å². The van der Waals surface area contributed by atoms with Crippen molar-refractivity contribution >= 4 is 18.0 Å². The van der Waals surface area contributed by atoms with Gasteiger partial charge in [0.05, 0.1) is 0 Å². The van der Waals surface area contributed by atoms with Crippen LogP contribution in [0.4, 0.5) is 5.69 Å². The molecule has 0 radical (unpaired) electrons. The summed E-state index contributed by atoms with van der Waals surface area (Å²) in [6.07, 6.45) is 7.55. The van der Waals surface area contributed by atoms with Crippen LogP contribution in [-0.4, -0.2) is 0 Å². The largest absolute Gasteiger partial charge is 0.398 e. The number of pyridine rings is 1. The third kappa shape index (κ3) is 4.24. The van der Waals surface area contributed by atoms with Gasteiger partial charge in [0.15, 0.2) is 12.4 Å². The summed E-state index contributed by atoms with van der Waals surface area (Å²) < 4.78 is 1.89. The molecule has 0 saturated carbocycles. The normalized spacial score (nSPS) is 9.33. The number of benzene rings is 2. The minimum Gasteiger partial charge on any atom is -0.398 e. The third-order valence-corrected chi connectivity index (χ3v) is 3.42. The highest BCUT2D eigenvalue weighted by Gasteiger charge is 1.95. The quantitative estimate of drug-likeness (QED) is 0.436. The number of nitrogen functional groups attached to an aromatic ring is 1. The number of hydrogen-bond acceptors (Lipinski definition) is 1. The Labute approximate surface area is 142 Å². The van der Waals surface area contributed by atoms with Crippen LogP contribution in [0.25, 0.3) is 12.3 Å². The highest BCUT2D eigenvalue weighted by Crippen LogP contribution is 2.09. The monoisotopic (exact) mass is 309 g/mol. The summed E-state index contributed by atoms with van der Waals surface area (Å²) in [5.74, 6) is 6.42. The van der Waals surface area contributed by atoms with Gasteiger partial charge in [-0.3, -0.25) is 0 Å². The molecular formula is C22H17N2+. The second-order valence-electron chi connectivity index (χ2n) is 5.22. The minimum atomic E-state index is 0.741. The van der Waals surface area contributed by atoms with Gasteiger partial charge in [0.2, 0.25) is 6.20 Å². The molecule has 0 spiro atoms. The Bertz CT molecular complexity index is 937. The van der Waals surface area contributed by atoms with Crippen molar-refractivity contribution in [2.45, 2.75) is 0 Å². The topological polar surface area (TPSA) is 29.9 Å². The molecule has 0 bridgehead atoms. The van der Waals surface area contributed by atoms with Crippen molar-refractivity contribution in [1.29, 1.82) is 0 Å². The van der Waals surface area contributed by atoms with E-state index < -0.39 is 0 Å². The third-order valence-electron chi connectivity index (χ3n) is 3.42. The standard InChI is InChI=1S/C22H16N2/c23-22-14-17-24(18-15-22)16-6-11-20-9-4-5-10-21(20)13-12-19-7-2-1-3-8-19/h1-5,7-11,14-18,23H/p+1. The fraction of sp³-hybridized carbons (Fsp3) is 0. The van der Waals surface area contributed by atoms with Gasteiger partial charge in [-0.25, -0.2) is 0 Å². The summed E-state index contributed by atoms with van der Waals surface area (Å²) in [5, 5.41) is 0. The zero-order chi connectivity index (χ0) is 16.6. The Morgan fingerprint density at radius 2 is 1.50 bits per heavy atom. The van der Waals surface area contributed by atoms with Crippen molar-refractivity contribution in [3.05, 3.63) is 102 Å². The Morgan fingerprint density at radius 1 is 0.792 bits per heavy atom. The van der Waals surface area contributed by atoms with Crippen LogP contribution in [0.2, 0.25) is 0 Å². The summed E-state index contributed by atoms with van der Waals surface area (Å²) in [6, 6.07) is 21.7. The molecular weight excluding hydrogens is 292 g/mol. The lowest BCUT2D eigenvalue weighted by Crippen LogP contribution is -2.23. The van der Waals surface area contributed by atoms with Crippen LogP contribution in [0.15, 0.2) is 84.9 Å². The van der Waals surface area contributed by atoms with E-state index in [0.29, 0.717) is 0 Å². The minimum absolute atomic E-state index is 0.741. The molecule has 0 amide bonds. The van der Waals surface area contributed by atoms with E-state index in [9.17, 15) is 0 Å². The average Bonchev–Trinajstić information content (AvgIpc) is 2.63. The van der Waals surface area contributed by atoms with Gasteiger partial charge in [-0.15, -0.1) is 0 Å². The predicted octanol–water partition coefficient (Wildman–Crippen LogP) is 3.74. The first-order chi connectivity index (χ1) is 11.8. The molecule has 0 atom stereocenters. The molecule has 0 unspecified atom stereocenters. The maximum atomic E-state index is 5.68. The first-order valence-electron chi connectivity index (χ1n) is 7.66. The molecule has 1 aromatic heterocycles. The fourth-order valence-corrected chi connectivity index (χ4v) is 2.15. The van der Waals surface area contributed by atoms with Crippen LogP contribution < -0.4 is 10.3 Å². The van der Waals surface area contributed by atoms with Crippen molar-refractivity contribution in [1.82, 2.24) is 0 Å². The van der Waals surface area contributed by atoms with Gasteiger partial charge in [-0.05, 0) is 29.8 Å². The molecule has 0 fully saturated rings. The summed E-state index contributed by atoms with van der Waals surface area (Å²) in [5.41, 5.74) is 12.6. The number of aromatic nitrogens is 1. The lowest BCUT2D eigenvalue weighted by Gasteiger charge is -1.96. The molecule has 1 heterocycles. The first-order valence-corrected chi connectivity index (χ1v) is 7.66. The van der Waals surface area contributed by atoms with Crippen LogP contribution in [0.5, 0.6) is 0 Å². The van der Waals surface area contributed by atoms with E-state index in [1.165, 1.54) is 0 Å². The Hall–Kier alpha value is -3.53. The first kappa shape index (κ1) is 15.4. The van der Waals surface area contributed by atoms with Crippen molar-refractivity contribution in [2.24, 2.45) is 0 Å². The molecule has 0 saturated heterocycles. The maximum absolute atomic E-state index is 5.68. The van der Waals surface area contributed by atoms with Crippen LogP contribution in [0, 0.1) is 11.8 Å². The Morgan fingerprint density at radius 3 is 2.29 bits per heavy atom. The Kier molecular flexibility index (Phi) is 4.90. The Balaban J connectivity index is 1.86.